The first-order valence-corrected chi connectivity index (χ1v) is 11.3. The van der Waals surface area contributed by atoms with Gasteiger partial charge in [0.2, 0.25) is 5.91 Å². The van der Waals surface area contributed by atoms with Crippen LogP contribution in [0.15, 0.2) is 33.9 Å². The van der Waals surface area contributed by atoms with Crippen molar-refractivity contribution in [3.05, 3.63) is 46.6 Å². The predicted octanol–water partition coefficient (Wildman–Crippen LogP) is 4.53. The van der Waals surface area contributed by atoms with E-state index < -0.39 is 0 Å². The molecule has 0 unspecified atom stereocenters. The molecule has 2 amide bonds. The van der Waals surface area contributed by atoms with Crippen molar-refractivity contribution in [1.82, 2.24) is 9.97 Å². The third-order valence-electron chi connectivity index (χ3n) is 3.88. The summed E-state index contributed by atoms with van der Waals surface area (Å²) in [6, 6.07) is 8.24. The number of amides is 2. The largest absolute Gasteiger partial charge is 0.369 e. The van der Waals surface area contributed by atoms with Gasteiger partial charge in [-0.1, -0.05) is 49.4 Å². The van der Waals surface area contributed by atoms with E-state index in [1.54, 1.807) is 5.38 Å². The third kappa shape index (κ3) is 4.98. The maximum absolute atomic E-state index is 12.5. The highest BCUT2D eigenvalue weighted by Gasteiger charge is 2.16. The van der Waals surface area contributed by atoms with E-state index in [-0.39, 0.29) is 17.6 Å². The van der Waals surface area contributed by atoms with E-state index in [0.717, 1.165) is 20.5 Å². The van der Waals surface area contributed by atoms with Crippen molar-refractivity contribution in [2.45, 2.75) is 30.9 Å². The summed E-state index contributed by atoms with van der Waals surface area (Å²) < 4.78 is 0.860. The zero-order valence-electron chi connectivity index (χ0n) is 15.7. The molecule has 3 aromatic rings. The Balaban J connectivity index is 1.69. The van der Waals surface area contributed by atoms with Gasteiger partial charge in [0.05, 0.1) is 15.7 Å². The minimum atomic E-state index is -0.389. The van der Waals surface area contributed by atoms with Crippen LogP contribution in [0.4, 0.5) is 5.13 Å². The topological polar surface area (TPSA) is 98.0 Å². The fraction of sp³-hybridized carbons (Fsp3) is 0.263. The molecule has 0 aliphatic rings. The fourth-order valence-electron chi connectivity index (χ4n) is 2.39. The molecule has 0 aliphatic carbocycles. The van der Waals surface area contributed by atoms with Crippen molar-refractivity contribution in [3.63, 3.8) is 0 Å². The highest BCUT2D eigenvalue weighted by atomic mass is 32.2. The van der Waals surface area contributed by atoms with E-state index in [9.17, 15) is 9.59 Å². The first-order valence-electron chi connectivity index (χ1n) is 8.59. The maximum Gasteiger partial charge on any atom is 0.276 e. The molecule has 2 heterocycles. The van der Waals surface area contributed by atoms with Crippen molar-refractivity contribution >= 4 is 51.4 Å². The van der Waals surface area contributed by atoms with E-state index in [4.69, 9.17) is 5.73 Å². The zero-order chi connectivity index (χ0) is 20.3. The average molecular weight is 433 g/mol. The number of nitrogens with two attached hydrogens (primary N) is 1. The lowest BCUT2D eigenvalue weighted by Crippen LogP contribution is -2.12. The summed E-state index contributed by atoms with van der Waals surface area (Å²) in [5, 5.41) is 5.80. The molecular weight excluding hydrogens is 412 g/mol. The second kappa shape index (κ2) is 8.85. The van der Waals surface area contributed by atoms with Crippen LogP contribution in [0.25, 0.3) is 10.6 Å². The number of hydrogen-bond donors (Lipinski definition) is 2. The number of benzene rings is 1. The van der Waals surface area contributed by atoms with Gasteiger partial charge in [-0.2, -0.15) is 0 Å². The Labute approximate surface area is 175 Å². The minimum Gasteiger partial charge on any atom is -0.369 e. The van der Waals surface area contributed by atoms with Crippen molar-refractivity contribution < 1.29 is 9.59 Å². The Hall–Kier alpha value is -2.23. The number of aromatic nitrogens is 2. The van der Waals surface area contributed by atoms with Gasteiger partial charge >= 0.3 is 0 Å². The third-order valence-corrected chi connectivity index (χ3v) is 7.23. The van der Waals surface area contributed by atoms with Crippen LogP contribution in [0, 0.1) is 6.92 Å². The molecule has 0 saturated heterocycles. The first-order chi connectivity index (χ1) is 13.3. The second-order valence-corrected chi connectivity index (χ2v) is 9.52. The molecule has 146 valence electrons. The molecular formula is C19H20N4O2S3. The number of nitrogens with zero attached hydrogens (tertiary/aromatic N) is 2. The molecule has 6 nitrogen and oxygen atoms in total. The number of carbonyl (C=O) groups excluding carboxylic acids is 2. The van der Waals surface area contributed by atoms with Crippen molar-refractivity contribution in [2.75, 3.05) is 11.1 Å². The van der Waals surface area contributed by atoms with Gasteiger partial charge in [0.25, 0.3) is 5.91 Å². The van der Waals surface area contributed by atoms with Crippen LogP contribution in [0.1, 0.15) is 41.5 Å². The molecule has 2 aromatic heterocycles. The molecule has 0 spiro atoms. The predicted molar refractivity (Wildman–Crippen MR) is 116 cm³/mol. The van der Waals surface area contributed by atoms with Gasteiger partial charge in [-0.3, -0.25) is 14.9 Å². The number of anilines is 1. The number of primary amides is 1. The van der Waals surface area contributed by atoms with Crippen LogP contribution in [0.5, 0.6) is 0 Å². The highest BCUT2D eigenvalue weighted by molar-refractivity contribution is 8.01. The van der Waals surface area contributed by atoms with E-state index in [1.165, 1.54) is 40.0 Å². The summed E-state index contributed by atoms with van der Waals surface area (Å²) in [7, 11) is 0. The molecule has 1 aromatic carbocycles. The number of thiazole rings is 2. The Bertz CT molecular complexity index is 993. The zero-order valence-corrected chi connectivity index (χ0v) is 18.1. The van der Waals surface area contributed by atoms with Crippen LogP contribution >= 0.6 is 34.4 Å². The van der Waals surface area contributed by atoms with Crippen LogP contribution in [0.2, 0.25) is 0 Å². The van der Waals surface area contributed by atoms with E-state index in [0.29, 0.717) is 16.7 Å². The summed E-state index contributed by atoms with van der Waals surface area (Å²) in [6.07, 6.45) is 0. The fourth-order valence-corrected chi connectivity index (χ4v) is 5.07. The molecule has 28 heavy (non-hydrogen) atoms. The van der Waals surface area contributed by atoms with Crippen molar-refractivity contribution in [2.24, 2.45) is 5.73 Å². The van der Waals surface area contributed by atoms with Crippen LogP contribution in [-0.2, 0) is 4.79 Å². The highest BCUT2D eigenvalue weighted by Crippen LogP contribution is 2.32. The second-order valence-electron chi connectivity index (χ2n) is 6.42. The SMILES string of the molecule is Cc1nc(NC(=O)c2csc(-c3ccc(C(C)C)cc3)n2)sc1SCC(N)=O. The summed E-state index contributed by atoms with van der Waals surface area (Å²) in [6.45, 7) is 6.13. The molecule has 0 radical (unpaired) electrons. The molecule has 0 aliphatic heterocycles. The molecule has 0 fully saturated rings. The number of thioether (sulfide) groups is 1. The lowest BCUT2D eigenvalue weighted by Gasteiger charge is -2.05. The van der Waals surface area contributed by atoms with Crippen LogP contribution in [0.3, 0.4) is 0 Å². The summed E-state index contributed by atoms with van der Waals surface area (Å²) in [4.78, 5) is 32.2. The van der Waals surface area contributed by atoms with Gasteiger partial charge in [-0.05, 0) is 18.4 Å². The number of rotatable bonds is 7. The standard InChI is InChI=1S/C19H20N4O2S3/c1-10(2)12-4-6-13(7-5-12)17-22-14(8-26-17)16(25)23-19-21-11(3)18(28-19)27-9-15(20)24/h4-8,10H,9H2,1-3H3,(H2,20,24)(H,21,23,25). The van der Waals surface area contributed by atoms with Gasteiger partial charge in [0, 0.05) is 10.9 Å². The van der Waals surface area contributed by atoms with E-state index in [2.05, 4.69) is 41.3 Å². The normalized spacial score (nSPS) is 11.0. The van der Waals surface area contributed by atoms with Gasteiger partial charge in [-0.15, -0.1) is 23.1 Å². The summed E-state index contributed by atoms with van der Waals surface area (Å²) >= 11 is 4.07. The van der Waals surface area contributed by atoms with Gasteiger partial charge in [-0.25, -0.2) is 9.97 Å². The molecule has 3 N–H and O–H groups in total. The number of carbonyl (C=O) groups is 2. The van der Waals surface area contributed by atoms with Gasteiger partial charge < -0.3 is 5.73 Å². The van der Waals surface area contributed by atoms with Crippen molar-refractivity contribution in [1.29, 1.82) is 0 Å². The Morgan fingerprint density at radius 2 is 1.93 bits per heavy atom. The first kappa shape index (κ1) is 20.5. The van der Waals surface area contributed by atoms with Gasteiger partial charge in [0.1, 0.15) is 10.7 Å². The molecule has 0 atom stereocenters. The number of aryl methyl sites for hydroxylation is 1. The Kier molecular flexibility index (Phi) is 6.48. The number of hydrogen-bond acceptors (Lipinski definition) is 7. The Morgan fingerprint density at radius 1 is 1.21 bits per heavy atom. The smallest absolute Gasteiger partial charge is 0.276 e. The summed E-state index contributed by atoms with van der Waals surface area (Å²) in [5.41, 5.74) is 8.54. The molecule has 0 bridgehead atoms. The average Bonchev–Trinajstić information content (AvgIpc) is 3.27. The quantitative estimate of drug-likeness (QED) is 0.535. The minimum absolute atomic E-state index is 0.182. The molecule has 0 saturated carbocycles. The van der Waals surface area contributed by atoms with Crippen LogP contribution < -0.4 is 11.1 Å². The summed E-state index contributed by atoms with van der Waals surface area (Å²) in [5.74, 6) is -0.0395. The maximum atomic E-state index is 12.5. The van der Waals surface area contributed by atoms with Crippen molar-refractivity contribution in [3.8, 4) is 10.6 Å². The lowest BCUT2D eigenvalue weighted by atomic mass is 10.0. The Morgan fingerprint density at radius 3 is 2.57 bits per heavy atom. The number of nitrogens with one attached hydrogen (secondary N) is 1. The monoisotopic (exact) mass is 432 g/mol. The van der Waals surface area contributed by atoms with E-state index >= 15 is 0 Å². The molecule has 9 heteroatoms. The lowest BCUT2D eigenvalue weighted by molar-refractivity contribution is -0.115. The molecule has 3 rings (SSSR count). The van der Waals surface area contributed by atoms with Gasteiger partial charge in [0.15, 0.2) is 5.13 Å². The van der Waals surface area contributed by atoms with Crippen LogP contribution in [-0.4, -0.2) is 27.5 Å². The van der Waals surface area contributed by atoms with E-state index in [1.807, 2.05) is 19.1 Å².